The number of hydrogen-bond acceptors (Lipinski definition) is 12. The molecule has 1 amide bonds. The smallest absolute Gasteiger partial charge is 1.00 e. The number of halogens is 2. The molecule has 4 aliphatic rings. The van der Waals surface area contributed by atoms with E-state index in [9.17, 15) is 44.1 Å². The molecule has 0 bridgehead atoms. The molecule has 1 atom stereocenters. The van der Waals surface area contributed by atoms with Crippen LogP contribution in [0.5, 0.6) is 5.75 Å². The maximum absolute atomic E-state index is 12.7. The number of benzene rings is 7. The number of carboxylic acid groups (broad SMARTS) is 2. The van der Waals surface area contributed by atoms with Crippen LogP contribution in [0, 0.1) is 0 Å². The third-order valence-corrected chi connectivity index (χ3v) is 11.6. The molecule has 19 heteroatoms. The van der Waals surface area contributed by atoms with Crippen molar-refractivity contribution in [2.24, 2.45) is 10.7 Å². The van der Waals surface area contributed by atoms with Crippen LogP contribution in [0.15, 0.2) is 191 Å². The number of nitrogens with two attached hydrogens (primary N) is 3. The standard InChI is InChI=1S/C27H19BN2O6.C20H16N2O3.C7H4BClO2.ClH/c29-17-9-11-21-23(13-17)36-24-14-18(30-26(31)15-5-7-16(8-6-15)28(34)35)10-12-22(24)25(21)19-3-1-2-4-20(19)27(32)33;21-11-5-7-15-17(9-11)25-18-10-12(22)6-8-16(18)19(15)13-3-1-2-4-14(13)20(23)24;9-7(10)5-1-3-6(8-11)4-2-5;/h1-14,34-35H,29H2,(H,32,33);1-11H,21-22H2,(H,23,24);1-4H;1H/p-1. The molecule has 0 saturated heterocycles. The number of rotatable bonds is 8. The second kappa shape index (κ2) is 22.6. The van der Waals surface area contributed by atoms with Crippen LogP contribution >= 0.6 is 11.6 Å². The summed E-state index contributed by atoms with van der Waals surface area (Å²) in [6.07, 6.45) is 5.55. The Kier molecular flexibility index (Phi) is 16.1. The molecule has 2 aliphatic carbocycles. The molecule has 10 N–H and O–H groups in total. The van der Waals surface area contributed by atoms with Crippen LogP contribution in [0.2, 0.25) is 0 Å². The van der Waals surface area contributed by atoms with Gasteiger partial charge in [-0.25, -0.2) is 14.6 Å². The van der Waals surface area contributed by atoms with Gasteiger partial charge < -0.3 is 59.0 Å². The summed E-state index contributed by atoms with van der Waals surface area (Å²) in [4.78, 5) is 51.1. The van der Waals surface area contributed by atoms with Crippen molar-refractivity contribution in [1.82, 2.24) is 0 Å². The van der Waals surface area contributed by atoms with Crippen LogP contribution in [-0.2, 0) is 4.70 Å². The van der Waals surface area contributed by atoms with Crippen LogP contribution in [-0.4, -0.2) is 63.7 Å². The number of carbonyl (C=O) groups excluding carboxylic acids is 2. The molecular weight excluding hydrogens is 973 g/mol. The number of anilines is 2. The minimum absolute atomic E-state index is 0. The number of nitrogen functional groups attached to an aromatic ring is 2. The number of allylic oxidation sites excluding steroid dienone is 1. The fraction of sp³-hybridized carbons (Fsp3) is 0.0185. The topological polar surface area (TPSA) is 279 Å². The van der Waals surface area contributed by atoms with Gasteiger partial charge in [-0.1, -0.05) is 60.7 Å². The number of ether oxygens (including phenoxy) is 1. The molecule has 2 aliphatic heterocycles. The monoisotopic (exact) mass is 1010 g/mol. The van der Waals surface area contributed by atoms with Gasteiger partial charge in [0.2, 0.25) is 0 Å². The summed E-state index contributed by atoms with van der Waals surface area (Å²) in [5, 5.41) is 38.4. The van der Waals surface area contributed by atoms with E-state index >= 15 is 0 Å². The first-order valence-corrected chi connectivity index (χ1v) is 22.2. The van der Waals surface area contributed by atoms with E-state index in [1.54, 1.807) is 103 Å². The summed E-state index contributed by atoms with van der Waals surface area (Å²) in [6.45, 7) is 0. The zero-order chi connectivity index (χ0) is 51.2. The van der Waals surface area contributed by atoms with Gasteiger partial charge in [-0.2, -0.15) is 0 Å². The quantitative estimate of drug-likeness (QED) is 0.0496. The van der Waals surface area contributed by atoms with Crippen molar-refractivity contribution in [2.45, 2.75) is 6.04 Å². The molecule has 10 rings (SSSR count). The van der Waals surface area contributed by atoms with Crippen LogP contribution in [0.25, 0.3) is 39.0 Å². The van der Waals surface area contributed by atoms with Gasteiger partial charge in [0.15, 0.2) is 0 Å². The predicted octanol–water partition coefficient (Wildman–Crippen LogP) is 3.59. The normalized spacial score (nSPS) is 13.3. The molecule has 0 saturated carbocycles. The number of carboxylic acids is 2. The van der Waals surface area contributed by atoms with Crippen LogP contribution < -0.4 is 50.6 Å². The second-order valence-corrected chi connectivity index (χ2v) is 16.5. The van der Waals surface area contributed by atoms with E-state index < -0.39 is 30.2 Å². The first-order chi connectivity index (χ1) is 34.6. The number of nitrogens with zero attached hydrogens (tertiary/aromatic N) is 1. The van der Waals surface area contributed by atoms with Crippen LogP contribution in [0.4, 0.5) is 11.4 Å². The van der Waals surface area contributed by atoms with Gasteiger partial charge in [-0.3, -0.25) is 4.79 Å². The fourth-order valence-corrected chi connectivity index (χ4v) is 8.12. The molecular formula is C54H39B2Cl2N4O11-. The predicted molar refractivity (Wildman–Crippen MR) is 275 cm³/mol. The van der Waals surface area contributed by atoms with Crippen molar-refractivity contribution >= 4 is 87.8 Å². The number of fused-ring (bicyclic) bond motifs is 4. The summed E-state index contributed by atoms with van der Waals surface area (Å²) >= 11 is 5.17. The van der Waals surface area contributed by atoms with Gasteiger partial charge in [0.25, 0.3) is 5.91 Å². The molecule has 0 spiro atoms. The first-order valence-electron chi connectivity index (χ1n) is 21.8. The first kappa shape index (κ1) is 52.1. The van der Waals surface area contributed by atoms with Crippen molar-refractivity contribution in [2.75, 3.05) is 11.5 Å². The molecule has 15 nitrogen and oxygen atoms in total. The summed E-state index contributed by atoms with van der Waals surface area (Å²) in [5.74, 6) is -0.948. The van der Waals surface area contributed by atoms with Crippen molar-refractivity contribution in [1.29, 1.82) is 0 Å². The molecule has 1 unspecified atom stereocenters. The fourth-order valence-electron chi connectivity index (χ4n) is 7.99. The van der Waals surface area contributed by atoms with E-state index in [1.165, 1.54) is 36.4 Å². The van der Waals surface area contributed by atoms with Gasteiger partial charge in [-0.05, 0) is 83.3 Å². The van der Waals surface area contributed by atoms with Gasteiger partial charge in [0, 0.05) is 74.4 Å². The van der Waals surface area contributed by atoms with E-state index in [1.807, 2.05) is 30.4 Å². The molecule has 73 heavy (non-hydrogen) atoms. The Morgan fingerprint density at radius 2 is 1.29 bits per heavy atom. The minimum Gasteiger partial charge on any atom is -1.00 e. The van der Waals surface area contributed by atoms with Gasteiger partial charge in [-0.15, -0.1) is 0 Å². The van der Waals surface area contributed by atoms with E-state index in [2.05, 4.69) is 4.99 Å². The molecule has 6 aromatic rings. The van der Waals surface area contributed by atoms with Crippen molar-refractivity contribution < 1.29 is 65.7 Å². The molecule has 6 aromatic carbocycles. The van der Waals surface area contributed by atoms with Gasteiger partial charge >= 0.3 is 87.8 Å². The average Bonchev–Trinajstić information content (AvgIpc) is 3.37. The number of hydrogen-bond donors (Lipinski definition) is 7. The van der Waals surface area contributed by atoms with E-state index in [0.29, 0.717) is 85.4 Å². The maximum atomic E-state index is 12.7. The third-order valence-electron chi connectivity index (χ3n) is 11.4. The van der Waals surface area contributed by atoms with Crippen molar-refractivity contribution in [3.8, 4) is 28.2 Å². The Morgan fingerprint density at radius 1 is 0.685 bits per heavy atom. The number of carbonyl (C=O) groups is 4. The largest absolute Gasteiger partial charge is 1.00 e. The van der Waals surface area contributed by atoms with Crippen LogP contribution in [0.3, 0.4) is 0 Å². The molecule has 0 aromatic heterocycles. The van der Waals surface area contributed by atoms with E-state index in [-0.39, 0.29) is 40.6 Å². The number of amides is 1. The molecule has 0 radical (unpaired) electrons. The second-order valence-electron chi connectivity index (χ2n) is 16.2. The Labute approximate surface area is 428 Å². The summed E-state index contributed by atoms with van der Waals surface area (Å²) in [6, 6.07) is 40.8. The average molecular weight is 1010 g/mol. The summed E-state index contributed by atoms with van der Waals surface area (Å²) in [5.41, 5.74) is 26.1. The zero-order valence-corrected chi connectivity index (χ0v) is 39.5. The van der Waals surface area contributed by atoms with Gasteiger partial charge in [0.1, 0.15) is 22.9 Å². The molecule has 362 valence electrons. The Balaban J connectivity index is 0.000000182. The number of aromatic carboxylic acids is 2. The van der Waals surface area contributed by atoms with Crippen molar-refractivity contribution in [3.63, 3.8) is 0 Å². The summed E-state index contributed by atoms with van der Waals surface area (Å²) < 4.78 is 22.3. The maximum Gasteiger partial charge on any atom is -1.00 e. The molecule has 2 heterocycles. The minimum atomic E-state index is -1.63. The van der Waals surface area contributed by atoms with Gasteiger partial charge in [0.05, 0.1) is 16.5 Å². The Bertz CT molecular complexity index is 3620. The zero-order valence-electron chi connectivity index (χ0n) is 38.0. The Morgan fingerprint density at radius 3 is 1.93 bits per heavy atom. The van der Waals surface area contributed by atoms with Crippen LogP contribution in [0.1, 0.15) is 52.6 Å². The van der Waals surface area contributed by atoms with E-state index in [0.717, 1.165) is 16.7 Å². The molecule has 0 fully saturated rings. The summed E-state index contributed by atoms with van der Waals surface area (Å²) in [7, 11) is -0.917. The SMILES string of the molecule is Nc1ccc2c(-c3ccccc3C(=O)O)c3ccc(=NC(=O)c4ccc(B(O)O)cc4)cc-3oc2c1.Nc1ccc2c(c1)OC1=CC(N)C=CC1=C2c1ccccc1C(=O)O.O=Bc1ccc(C(=O)Cl)cc1.[Cl-]. The third kappa shape index (κ3) is 11.6. The Hall–Kier alpha value is -8.70. The van der Waals surface area contributed by atoms with E-state index in [4.69, 9.17) is 38.0 Å². The van der Waals surface area contributed by atoms with Crippen molar-refractivity contribution in [3.05, 3.63) is 220 Å².